The molecule has 1 N–H and O–H groups in total. The summed E-state index contributed by atoms with van der Waals surface area (Å²) in [6, 6.07) is 8.58. The van der Waals surface area contributed by atoms with Gasteiger partial charge < -0.3 is 14.8 Å². The smallest absolute Gasteiger partial charge is 0.122 e. The zero-order valence-electron chi connectivity index (χ0n) is 11.2. The molecule has 1 heterocycles. The van der Waals surface area contributed by atoms with Crippen LogP contribution in [0.3, 0.4) is 0 Å². The first kappa shape index (κ1) is 12.6. The molecule has 4 nitrogen and oxygen atoms in total. The van der Waals surface area contributed by atoms with Gasteiger partial charge in [0.25, 0.3) is 0 Å². The zero-order valence-corrected chi connectivity index (χ0v) is 11.2. The molecule has 0 bridgehead atoms. The minimum atomic E-state index is 0.791. The normalized spacial score (nSPS) is 10.6. The number of aryl methyl sites for hydroxylation is 1. The average molecular weight is 244 g/mol. The quantitative estimate of drug-likeness (QED) is 0.870. The Morgan fingerprint density at radius 2 is 1.89 bits per heavy atom. The predicted octanol–water partition coefficient (Wildman–Crippen LogP) is 1.78. The van der Waals surface area contributed by atoms with Crippen molar-refractivity contribution in [1.82, 2.24) is 14.9 Å². The Morgan fingerprint density at radius 3 is 2.44 bits per heavy atom. The van der Waals surface area contributed by atoms with Gasteiger partial charge in [0.05, 0.1) is 6.54 Å². The van der Waals surface area contributed by atoms with Crippen molar-refractivity contribution in [3.05, 3.63) is 48.0 Å². The standard InChI is InChI=1S/C14H20N4/c1-17(2)13-6-4-12(5-7-13)10-15-11-14-16-8-9-18(14)3/h4-9,15H,10-11H2,1-3H3. The topological polar surface area (TPSA) is 33.1 Å². The van der Waals surface area contributed by atoms with Crippen LogP contribution < -0.4 is 10.2 Å². The third-order valence-corrected chi connectivity index (χ3v) is 2.99. The number of anilines is 1. The maximum atomic E-state index is 4.28. The van der Waals surface area contributed by atoms with Crippen LogP contribution in [0.15, 0.2) is 36.7 Å². The Morgan fingerprint density at radius 1 is 1.17 bits per heavy atom. The molecule has 0 saturated heterocycles. The SMILES string of the molecule is CN(C)c1ccc(CNCc2nccn2C)cc1. The van der Waals surface area contributed by atoms with Crippen LogP contribution in [0.1, 0.15) is 11.4 Å². The van der Waals surface area contributed by atoms with Crippen LogP contribution in [0, 0.1) is 0 Å². The first-order chi connectivity index (χ1) is 8.66. The molecule has 2 aromatic rings. The molecule has 0 spiro atoms. The second-order valence-electron chi connectivity index (χ2n) is 4.62. The minimum absolute atomic E-state index is 0.791. The van der Waals surface area contributed by atoms with E-state index in [0.29, 0.717) is 0 Å². The van der Waals surface area contributed by atoms with E-state index >= 15 is 0 Å². The second-order valence-corrected chi connectivity index (χ2v) is 4.62. The molecule has 96 valence electrons. The van der Waals surface area contributed by atoms with Crippen LogP contribution in [0.4, 0.5) is 5.69 Å². The van der Waals surface area contributed by atoms with Crippen molar-refractivity contribution in [3.63, 3.8) is 0 Å². The Labute approximate surface area is 108 Å². The summed E-state index contributed by atoms with van der Waals surface area (Å²) < 4.78 is 2.03. The molecule has 0 fully saturated rings. The Kier molecular flexibility index (Phi) is 3.99. The average Bonchev–Trinajstić information content (AvgIpc) is 2.76. The fraction of sp³-hybridized carbons (Fsp3) is 0.357. The molecule has 4 heteroatoms. The number of hydrogen-bond donors (Lipinski definition) is 1. The Balaban J connectivity index is 1.85. The summed E-state index contributed by atoms with van der Waals surface area (Å²) in [5, 5.41) is 3.40. The monoisotopic (exact) mass is 244 g/mol. The van der Waals surface area contributed by atoms with Gasteiger partial charge >= 0.3 is 0 Å². The van der Waals surface area contributed by atoms with Crippen molar-refractivity contribution in [3.8, 4) is 0 Å². The number of hydrogen-bond acceptors (Lipinski definition) is 3. The van der Waals surface area contributed by atoms with Gasteiger partial charge in [-0.25, -0.2) is 4.98 Å². The molecule has 0 aliphatic heterocycles. The summed E-state index contributed by atoms with van der Waals surface area (Å²) >= 11 is 0. The first-order valence-electron chi connectivity index (χ1n) is 6.10. The van der Waals surface area contributed by atoms with E-state index in [2.05, 4.69) is 39.5 Å². The van der Waals surface area contributed by atoms with E-state index in [4.69, 9.17) is 0 Å². The number of rotatable bonds is 5. The van der Waals surface area contributed by atoms with Gasteiger partial charge in [-0.3, -0.25) is 0 Å². The fourth-order valence-corrected chi connectivity index (χ4v) is 1.80. The van der Waals surface area contributed by atoms with Crippen molar-refractivity contribution in [1.29, 1.82) is 0 Å². The third-order valence-electron chi connectivity index (χ3n) is 2.99. The van der Waals surface area contributed by atoms with Crippen LogP contribution in [0.2, 0.25) is 0 Å². The molecule has 1 aromatic heterocycles. The third kappa shape index (κ3) is 3.11. The van der Waals surface area contributed by atoms with Gasteiger partial charge in [-0.1, -0.05) is 12.1 Å². The number of nitrogens with one attached hydrogen (secondary N) is 1. The van der Waals surface area contributed by atoms with E-state index in [0.717, 1.165) is 18.9 Å². The highest BCUT2D eigenvalue weighted by Crippen LogP contribution is 2.12. The van der Waals surface area contributed by atoms with Crippen LogP contribution in [0.5, 0.6) is 0 Å². The lowest BCUT2D eigenvalue weighted by molar-refractivity contribution is 0.639. The number of nitrogens with zero attached hydrogens (tertiary/aromatic N) is 3. The van der Waals surface area contributed by atoms with Gasteiger partial charge in [0.2, 0.25) is 0 Å². The molecule has 0 saturated carbocycles. The lowest BCUT2D eigenvalue weighted by Gasteiger charge is -2.12. The van der Waals surface area contributed by atoms with Gasteiger partial charge in [0.15, 0.2) is 0 Å². The summed E-state index contributed by atoms with van der Waals surface area (Å²) in [5.41, 5.74) is 2.51. The van der Waals surface area contributed by atoms with Crippen molar-refractivity contribution in [2.75, 3.05) is 19.0 Å². The molecule has 1 aromatic carbocycles. The van der Waals surface area contributed by atoms with Gasteiger partial charge in [-0.2, -0.15) is 0 Å². The van der Waals surface area contributed by atoms with E-state index in [1.807, 2.05) is 38.1 Å². The van der Waals surface area contributed by atoms with E-state index in [-0.39, 0.29) is 0 Å². The molecule has 2 rings (SSSR count). The fourth-order valence-electron chi connectivity index (χ4n) is 1.80. The predicted molar refractivity (Wildman–Crippen MR) is 74.5 cm³/mol. The van der Waals surface area contributed by atoms with Gasteiger partial charge in [0.1, 0.15) is 5.82 Å². The molecular weight excluding hydrogens is 224 g/mol. The highest BCUT2D eigenvalue weighted by atomic mass is 15.1. The lowest BCUT2D eigenvalue weighted by Crippen LogP contribution is -2.15. The molecule has 0 radical (unpaired) electrons. The maximum Gasteiger partial charge on any atom is 0.122 e. The highest BCUT2D eigenvalue weighted by molar-refractivity contribution is 5.45. The van der Waals surface area contributed by atoms with Gasteiger partial charge in [0, 0.05) is 45.8 Å². The molecular formula is C14H20N4. The van der Waals surface area contributed by atoms with Crippen molar-refractivity contribution >= 4 is 5.69 Å². The van der Waals surface area contributed by atoms with E-state index in [1.165, 1.54) is 11.3 Å². The lowest BCUT2D eigenvalue weighted by atomic mass is 10.2. The summed E-state index contributed by atoms with van der Waals surface area (Å²) in [6.45, 7) is 1.65. The van der Waals surface area contributed by atoms with Crippen molar-refractivity contribution in [2.24, 2.45) is 7.05 Å². The van der Waals surface area contributed by atoms with E-state index < -0.39 is 0 Å². The molecule has 0 amide bonds. The van der Waals surface area contributed by atoms with Gasteiger partial charge in [-0.05, 0) is 17.7 Å². The minimum Gasteiger partial charge on any atom is -0.378 e. The van der Waals surface area contributed by atoms with E-state index in [1.54, 1.807) is 0 Å². The number of aromatic nitrogens is 2. The zero-order chi connectivity index (χ0) is 13.0. The van der Waals surface area contributed by atoms with Crippen molar-refractivity contribution < 1.29 is 0 Å². The summed E-state index contributed by atoms with van der Waals surface area (Å²) in [7, 11) is 6.11. The molecule has 18 heavy (non-hydrogen) atoms. The van der Waals surface area contributed by atoms with Crippen molar-refractivity contribution in [2.45, 2.75) is 13.1 Å². The maximum absolute atomic E-state index is 4.28. The Hall–Kier alpha value is -1.81. The molecule has 0 aliphatic carbocycles. The Bertz CT molecular complexity index is 485. The summed E-state index contributed by atoms with van der Waals surface area (Å²) in [5.74, 6) is 1.06. The van der Waals surface area contributed by atoms with Crippen LogP contribution in [0.25, 0.3) is 0 Å². The summed E-state index contributed by atoms with van der Waals surface area (Å²) in [6.07, 6.45) is 3.78. The van der Waals surface area contributed by atoms with Crippen LogP contribution >= 0.6 is 0 Å². The number of benzene rings is 1. The highest BCUT2D eigenvalue weighted by Gasteiger charge is 1.99. The number of imidazole rings is 1. The van der Waals surface area contributed by atoms with Gasteiger partial charge in [-0.15, -0.1) is 0 Å². The molecule has 0 atom stereocenters. The first-order valence-corrected chi connectivity index (χ1v) is 6.10. The summed E-state index contributed by atoms with van der Waals surface area (Å²) in [4.78, 5) is 6.38. The molecule has 0 unspecified atom stereocenters. The molecule has 0 aliphatic rings. The van der Waals surface area contributed by atoms with E-state index in [9.17, 15) is 0 Å². The largest absolute Gasteiger partial charge is 0.378 e. The van der Waals surface area contributed by atoms with Crippen LogP contribution in [-0.2, 0) is 20.1 Å². The van der Waals surface area contributed by atoms with Crippen LogP contribution in [-0.4, -0.2) is 23.6 Å². The second kappa shape index (κ2) is 5.69.